The average Bonchev–Trinajstić information content (AvgIpc) is 3.00. The van der Waals surface area contributed by atoms with Gasteiger partial charge >= 0.3 is 0 Å². The molecule has 1 aromatic carbocycles. The van der Waals surface area contributed by atoms with Crippen LogP contribution in [0, 0.1) is 0 Å². The van der Waals surface area contributed by atoms with E-state index >= 15 is 0 Å². The fourth-order valence-electron chi connectivity index (χ4n) is 2.80. The Morgan fingerprint density at radius 2 is 1.82 bits per heavy atom. The second-order valence-corrected chi connectivity index (χ2v) is 6.74. The van der Waals surface area contributed by atoms with Crippen molar-refractivity contribution in [3.63, 3.8) is 0 Å². The molecule has 0 aliphatic heterocycles. The van der Waals surface area contributed by atoms with Crippen molar-refractivity contribution in [1.82, 2.24) is 4.98 Å². The highest BCUT2D eigenvalue weighted by Crippen LogP contribution is 2.23. The van der Waals surface area contributed by atoms with Gasteiger partial charge in [-0.3, -0.25) is 9.59 Å². The summed E-state index contributed by atoms with van der Waals surface area (Å²) in [7, 11) is 0. The number of hydrogen-bond donors (Lipinski definition) is 2. The molecule has 1 heterocycles. The van der Waals surface area contributed by atoms with Crippen LogP contribution in [0.15, 0.2) is 54.6 Å². The lowest BCUT2D eigenvalue weighted by molar-refractivity contribution is 0.0923. The van der Waals surface area contributed by atoms with Gasteiger partial charge in [0.25, 0.3) is 0 Å². The third-order valence-electron chi connectivity index (χ3n) is 4.61. The lowest BCUT2D eigenvalue weighted by atomic mass is 9.99. The Balaban J connectivity index is 0.000000218. The average molecular weight is 378 g/mol. The fraction of sp³-hybridized carbons (Fsp3) is 0.261. The zero-order chi connectivity index (χ0) is 20.7. The minimum absolute atomic E-state index is 0.0302. The topological polar surface area (TPSA) is 93.3 Å². The molecule has 0 radical (unpaired) electrons. The molecule has 28 heavy (non-hydrogen) atoms. The highest BCUT2D eigenvalue weighted by atomic mass is 16.3. The first kappa shape index (κ1) is 21.3. The maximum absolute atomic E-state index is 11.1. The molecule has 0 amide bonds. The summed E-state index contributed by atoms with van der Waals surface area (Å²) in [5.41, 5.74) is 9.57. The summed E-state index contributed by atoms with van der Waals surface area (Å²) in [4.78, 5) is 26.5. The number of nitrogens with two attached hydrogens (primary N) is 1. The van der Waals surface area contributed by atoms with Gasteiger partial charge in [0.1, 0.15) is 5.82 Å². The predicted octanol–water partition coefficient (Wildman–Crippen LogP) is 4.19. The van der Waals surface area contributed by atoms with Crippen LogP contribution in [-0.4, -0.2) is 28.3 Å². The summed E-state index contributed by atoms with van der Waals surface area (Å²) in [6, 6.07) is 10.7. The summed E-state index contributed by atoms with van der Waals surface area (Å²) in [6.45, 7) is 7.93. The quantitative estimate of drug-likeness (QED) is 0.601. The Kier molecular flexibility index (Phi) is 7.41. The summed E-state index contributed by atoms with van der Waals surface area (Å²) in [6.07, 6.45) is 4.79. The number of aliphatic hydroxyl groups is 1. The number of anilines is 1. The molecular weight excluding hydrogens is 352 g/mol. The van der Waals surface area contributed by atoms with Crippen molar-refractivity contribution in [2.75, 3.05) is 12.3 Å². The van der Waals surface area contributed by atoms with E-state index in [0.717, 1.165) is 17.7 Å². The van der Waals surface area contributed by atoms with Gasteiger partial charge in [-0.2, -0.15) is 0 Å². The number of ketones is 2. The smallest absolute Gasteiger partial charge is 0.171 e. The van der Waals surface area contributed by atoms with Crippen LogP contribution in [-0.2, 0) is 0 Å². The molecule has 1 aliphatic carbocycles. The zero-order valence-corrected chi connectivity index (χ0v) is 16.3. The number of carbonyl (C=O) groups excluding carboxylic acids is 2. The van der Waals surface area contributed by atoms with E-state index in [1.54, 1.807) is 36.4 Å². The Hall–Kier alpha value is -3.05. The van der Waals surface area contributed by atoms with Gasteiger partial charge < -0.3 is 10.8 Å². The Labute approximate surface area is 165 Å². The van der Waals surface area contributed by atoms with E-state index in [2.05, 4.69) is 25.4 Å². The van der Waals surface area contributed by atoms with E-state index in [4.69, 9.17) is 10.8 Å². The summed E-state index contributed by atoms with van der Waals surface area (Å²) >= 11 is 0. The molecule has 3 rings (SSSR count). The van der Waals surface area contributed by atoms with E-state index < -0.39 is 0 Å². The minimum Gasteiger partial charge on any atom is -0.392 e. The van der Waals surface area contributed by atoms with E-state index in [9.17, 15) is 9.59 Å². The first-order chi connectivity index (χ1) is 13.4. The van der Waals surface area contributed by atoms with Gasteiger partial charge in [0.2, 0.25) is 0 Å². The van der Waals surface area contributed by atoms with Crippen molar-refractivity contribution in [3.05, 3.63) is 77.0 Å². The molecule has 0 saturated carbocycles. The second kappa shape index (κ2) is 9.76. The van der Waals surface area contributed by atoms with Gasteiger partial charge in [0.15, 0.2) is 11.6 Å². The number of aromatic nitrogens is 1. The molecule has 5 heteroatoms. The van der Waals surface area contributed by atoms with Crippen LogP contribution in [0.3, 0.4) is 0 Å². The van der Waals surface area contributed by atoms with Gasteiger partial charge in [0, 0.05) is 11.1 Å². The molecule has 0 spiro atoms. The number of Topliss-reactive ketones (excluding diaryl/α,β-unsaturated/α-hetero) is 2. The predicted molar refractivity (Wildman–Crippen MR) is 112 cm³/mol. The van der Waals surface area contributed by atoms with Gasteiger partial charge in [-0.25, -0.2) is 4.98 Å². The molecule has 1 aromatic heterocycles. The molecule has 5 nitrogen and oxygen atoms in total. The van der Waals surface area contributed by atoms with Crippen molar-refractivity contribution >= 4 is 23.5 Å². The number of benzene rings is 1. The molecule has 0 bridgehead atoms. The third-order valence-corrected chi connectivity index (χ3v) is 4.61. The number of hydrogen-bond acceptors (Lipinski definition) is 5. The minimum atomic E-state index is -0.0504. The Bertz CT molecular complexity index is 883. The van der Waals surface area contributed by atoms with Gasteiger partial charge in [-0.15, -0.1) is 0 Å². The van der Waals surface area contributed by atoms with Gasteiger partial charge in [0.05, 0.1) is 18.7 Å². The van der Waals surface area contributed by atoms with Gasteiger partial charge in [-0.1, -0.05) is 56.8 Å². The molecule has 3 N–H and O–H groups in total. The summed E-state index contributed by atoms with van der Waals surface area (Å²) in [5.74, 6) is 0.801. The zero-order valence-electron chi connectivity index (χ0n) is 16.3. The SMILES string of the molecule is C=C(/C=C\c1ccc(N)nc1C(C)CC)CO.O=C1CC(=O)c2ccccc21. The molecule has 146 valence electrons. The van der Waals surface area contributed by atoms with E-state index in [-0.39, 0.29) is 24.6 Å². The number of nitrogens with zero attached hydrogens (tertiary/aromatic N) is 1. The number of nitrogen functional groups attached to an aromatic ring is 1. The number of carbonyl (C=O) groups is 2. The molecule has 0 saturated heterocycles. The first-order valence-electron chi connectivity index (χ1n) is 9.25. The molecule has 1 aliphatic rings. The Morgan fingerprint density at radius 3 is 2.36 bits per heavy atom. The summed E-state index contributed by atoms with van der Waals surface area (Å²) < 4.78 is 0. The number of rotatable bonds is 5. The molecule has 1 atom stereocenters. The third kappa shape index (κ3) is 5.24. The summed E-state index contributed by atoms with van der Waals surface area (Å²) in [5, 5.41) is 8.90. The maximum atomic E-state index is 11.1. The van der Waals surface area contributed by atoms with Crippen molar-refractivity contribution in [2.45, 2.75) is 32.6 Å². The van der Waals surface area contributed by atoms with Crippen molar-refractivity contribution in [1.29, 1.82) is 0 Å². The van der Waals surface area contributed by atoms with Crippen molar-refractivity contribution < 1.29 is 14.7 Å². The standard InChI is InChI=1S/C14H20N2O.C9H6O2/c1-4-11(3)14-12(6-5-10(2)9-17)7-8-13(15)16-14;10-8-5-9(11)7-4-2-1-3-6(7)8/h5-8,11,17H,2,4,9H2,1,3H3,(H2,15,16);1-4H,5H2/b6-5-;. The van der Waals surface area contributed by atoms with Crippen LogP contribution in [0.25, 0.3) is 6.08 Å². The van der Waals surface area contributed by atoms with Crippen LogP contribution in [0.2, 0.25) is 0 Å². The highest BCUT2D eigenvalue weighted by Gasteiger charge is 2.25. The Morgan fingerprint density at radius 1 is 1.21 bits per heavy atom. The lowest BCUT2D eigenvalue weighted by Gasteiger charge is -2.12. The van der Waals surface area contributed by atoms with E-state index in [0.29, 0.717) is 28.4 Å². The normalized spacial score (nSPS) is 13.8. The molecule has 1 unspecified atom stereocenters. The number of pyridine rings is 1. The van der Waals surface area contributed by atoms with Crippen molar-refractivity contribution in [2.24, 2.45) is 0 Å². The highest BCUT2D eigenvalue weighted by molar-refractivity contribution is 6.24. The van der Waals surface area contributed by atoms with E-state index in [1.807, 2.05) is 12.1 Å². The monoisotopic (exact) mass is 378 g/mol. The largest absolute Gasteiger partial charge is 0.392 e. The first-order valence-corrected chi connectivity index (χ1v) is 9.25. The molecule has 0 fully saturated rings. The maximum Gasteiger partial charge on any atom is 0.171 e. The molecular formula is C23H26N2O3. The fourth-order valence-corrected chi connectivity index (χ4v) is 2.80. The van der Waals surface area contributed by atoms with Crippen LogP contribution >= 0.6 is 0 Å². The van der Waals surface area contributed by atoms with Crippen LogP contribution in [0.4, 0.5) is 5.82 Å². The number of fused-ring (bicyclic) bond motifs is 1. The van der Waals surface area contributed by atoms with Crippen molar-refractivity contribution in [3.8, 4) is 0 Å². The molecule has 2 aromatic rings. The second-order valence-electron chi connectivity index (χ2n) is 6.74. The van der Waals surface area contributed by atoms with E-state index in [1.165, 1.54) is 0 Å². The van der Waals surface area contributed by atoms with Crippen LogP contribution < -0.4 is 5.73 Å². The van der Waals surface area contributed by atoms with Gasteiger partial charge in [-0.05, 0) is 35.6 Å². The lowest BCUT2D eigenvalue weighted by Crippen LogP contribution is -2.02. The van der Waals surface area contributed by atoms with Crippen LogP contribution in [0.1, 0.15) is 64.6 Å². The number of aliphatic hydroxyl groups excluding tert-OH is 1. The van der Waals surface area contributed by atoms with Crippen LogP contribution in [0.5, 0.6) is 0 Å².